The summed E-state index contributed by atoms with van der Waals surface area (Å²) in [5.41, 5.74) is 2.20. The van der Waals surface area contributed by atoms with Crippen molar-refractivity contribution in [1.82, 2.24) is 10.6 Å². The fourth-order valence-corrected chi connectivity index (χ4v) is 3.14. The molecule has 3 N–H and O–H groups in total. The van der Waals surface area contributed by atoms with Gasteiger partial charge in [-0.25, -0.2) is 4.79 Å². The average molecular weight is 369 g/mol. The number of carbonyl (C=O) groups excluding carboxylic acids is 1. The number of nitrogens with one attached hydrogen (secondary N) is 2. The van der Waals surface area contributed by atoms with E-state index in [2.05, 4.69) is 26.6 Å². The maximum Gasteiger partial charge on any atom is 0.315 e. The molecule has 0 aromatic heterocycles. The first-order valence-electron chi connectivity index (χ1n) is 7.48. The Morgan fingerprint density at radius 3 is 2.59 bits per heavy atom. The van der Waals surface area contributed by atoms with Gasteiger partial charge in [0, 0.05) is 17.1 Å². The molecule has 5 nitrogen and oxygen atoms in total. The van der Waals surface area contributed by atoms with Crippen LogP contribution in [-0.2, 0) is 11.3 Å². The fourth-order valence-electron chi connectivity index (χ4n) is 2.73. The fraction of sp³-hybridized carbons (Fsp3) is 0.500. The van der Waals surface area contributed by atoms with Crippen molar-refractivity contribution in [2.45, 2.75) is 45.2 Å². The molecule has 2 rings (SSSR count). The number of carboxylic acid groups (broad SMARTS) is 1. The van der Waals surface area contributed by atoms with Crippen molar-refractivity contribution in [3.05, 3.63) is 33.8 Å². The van der Waals surface area contributed by atoms with E-state index in [0.717, 1.165) is 28.4 Å². The molecular formula is C16H21BrN2O3. The second-order valence-electron chi connectivity index (χ2n) is 5.78. The van der Waals surface area contributed by atoms with Crippen molar-refractivity contribution in [2.75, 3.05) is 0 Å². The van der Waals surface area contributed by atoms with Gasteiger partial charge in [0.15, 0.2) is 0 Å². The molecule has 0 bridgehead atoms. The van der Waals surface area contributed by atoms with Crippen LogP contribution in [0.1, 0.15) is 36.8 Å². The SMILES string of the molecule is Cc1ccc(Br)cc1CNC(=O)NC1CCC(C(=O)O)CC1. The van der Waals surface area contributed by atoms with Gasteiger partial charge >= 0.3 is 12.0 Å². The third-order valence-corrected chi connectivity index (χ3v) is 4.66. The van der Waals surface area contributed by atoms with Crippen LogP contribution >= 0.6 is 15.9 Å². The molecule has 2 amide bonds. The average Bonchev–Trinajstić information content (AvgIpc) is 2.49. The number of halogens is 1. The minimum absolute atomic E-state index is 0.0687. The summed E-state index contributed by atoms with van der Waals surface area (Å²) in [7, 11) is 0. The number of urea groups is 1. The molecule has 6 heteroatoms. The minimum Gasteiger partial charge on any atom is -0.481 e. The summed E-state index contributed by atoms with van der Waals surface area (Å²) in [6, 6.07) is 5.84. The zero-order chi connectivity index (χ0) is 16.1. The van der Waals surface area contributed by atoms with Crippen LogP contribution < -0.4 is 10.6 Å². The number of rotatable bonds is 4. The Kier molecular flexibility index (Phi) is 5.83. The number of carbonyl (C=O) groups is 2. The molecule has 0 radical (unpaired) electrons. The van der Waals surface area contributed by atoms with Gasteiger partial charge in [-0.3, -0.25) is 4.79 Å². The van der Waals surface area contributed by atoms with Gasteiger partial charge in [-0.2, -0.15) is 0 Å². The van der Waals surface area contributed by atoms with E-state index in [4.69, 9.17) is 5.11 Å². The summed E-state index contributed by atoms with van der Waals surface area (Å²) >= 11 is 3.42. The van der Waals surface area contributed by atoms with Crippen molar-refractivity contribution < 1.29 is 14.7 Å². The van der Waals surface area contributed by atoms with E-state index in [0.29, 0.717) is 19.4 Å². The number of benzene rings is 1. The number of aliphatic carboxylic acids is 1. The monoisotopic (exact) mass is 368 g/mol. The Hall–Kier alpha value is -1.56. The summed E-state index contributed by atoms with van der Waals surface area (Å²) in [6.07, 6.45) is 2.70. The van der Waals surface area contributed by atoms with Gasteiger partial charge in [-0.15, -0.1) is 0 Å². The van der Waals surface area contributed by atoms with Crippen molar-refractivity contribution in [3.8, 4) is 0 Å². The van der Waals surface area contributed by atoms with Gasteiger partial charge in [-0.05, 0) is 55.9 Å². The van der Waals surface area contributed by atoms with E-state index >= 15 is 0 Å². The minimum atomic E-state index is -0.729. The summed E-state index contributed by atoms with van der Waals surface area (Å²) in [4.78, 5) is 22.8. The number of hydrogen-bond acceptors (Lipinski definition) is 2. The van der Waals surface area contributed by atoms with Gasteiger partial charge in [0.2, 0.25) is 0 Å². The van der Waals surface area contributed by atoms with E-state index in [1.165, 1.54) is 0 Å². The molecular weight excluding hydrogens is 348 g/mol. The number of aryl methyl sites for hydroxylation is 1. The molecule has 1 aliphatic carbocycles. The zero-order valence-electron chi connectivity index (χ0n) is 12.6. The summed E-state index contributed by atoms with van der Waals surface area (Å²) in [5.74, 6) is -0.988. The van der Waals surface area contributed by atoms with Crippen molar-refractivity contribution >= 4 is 27.9 Å². The predicted octanol–water partition coefficient (Wildman–Crippen LogP) is 3.20. The highest BCUT2D eigenvalue weighted by molar-refractivity contribution is 9.10. The van der Waals surface area contributed by atoms with E-state index in [1.807, 2.05) is 25.1 Å². The first kappa shape index (κ1) is 16.8. The molecule has 1 aromatic carbocycles. The van der Waals surface area contributed by atoms with Crippen LogP contribution in [0.15, 0.2) is 22.7 Å². The van der Waals surface area contributed by atoms with Crippen LogP contribution in [0.3, 0.4) is 0 Å². The Morgan fingerprint density at radius 1 is 1.27 bits per heavy atom. The highest BCUT2D eigenvalue weighted by Crippen LogP contribution is 2.24. The number of amides is 2. The Bertz CT molecular complexity index is 554. The van der Waals surface area contributed by atoms with E-state index in [1.54, 1.807) is 0 Å². The zero-order valence-corrected chi connectivity index (χ0v) is 14.1. The molecule has 0 spiro atoms. The smallest absolute Gasteiger partial charge is 0.315 e. The lowest BCUT2D eigenvalue weighted by Crippen LogP contribution is -2.43. The van der Waals surface area contributed by atoms with Gasteiger partial charge < -0.3 is 15.7 Å². The van der Waals surface area contributed by atoms with Gasteiger partial charge in [0.25, 0.3) is 0 Å². The maximum atomic E-state index is 11.9. The molecule has 0 unspecified atom stereocenters. The van der Waals surface area contributed by atoms with Crippen LogP contribution in [-0.4, -0.2) is 23.1 Å². The van der Waals surface area contributed by atoms with Gasteiger partial charge in [0.05, 0.1) is 5.92 Å². The van der Waals surface area contributed by atoms with Gasteiger partial charge in [-0.1, -0.05) is 22.0 Å². The Labute approximate surface area is 138 Å². The Morgan fingerprint density at radius 2 is 1.95 bits per heavy atom. The maximum absolute atomic E-state index is 11.9. The first-order chi connectivity index (χ1) is 10.5. The Balaban J connectivity index is 1.77. The van der Waals surface area contributed by atoms with Crippen LogP contribution in [0.25, 0.3) is 0 Å². The summed E-state index contributed by atoms with van der Waals surface area (Å²) < 4.78 is 0.988. The normalized spacial score (nSPS) is 21.2. The van der Waals surface area contributed by atoms with Crippen molar-refractivity contribution in [3.63, 3.8) is 0 Å². The quantitative estimate of drug-likeness (QED) is 0.763. The number of hydrogen-bond donors (Lipinski definition) is 3. The third kappa shape index (κ3) is 4.73. The topological polar surface area (TPSA) is 78.4 Å². The highest BCUT2D eigenvalue weighted by atomic mass is 79.9. The lowest BCUT2D eigenvalue weighted by Gasteiger charge is -2.26. The lowest BCUT2D eigenvalue weighted by molar-refractivity contribution is -0.142. The molecule has 0 aliphatic heterocycles. The lowest BCUT2D eigenvalue weighted by atomic mass is 9.86. The standard InChI is InChI=1S/C16H21BrN2O3/c1-10-2-5-13(17)8-12(10)9-18-16(22)19-14-6-3-11(4-7-14)15(20)21/h2,5,8,11,14H,3-4,6-7,9H2,1H3,(H,20,21)(H2,18,19,22). The molecule has 1 saturated carbocycles. The van der Waals surface area contributed by atoms with Crippen LogP contribution in [0.5, 0.6) is 0 Å². The van der Waals surface area contributed by atoms with Gasteiger partial charge in [0.1, 0.15) is 0 Å². The molecule has 0 atom stereocenters. The number of carboxylic acids is 1. The highest BCUT2D eigenvalue weighted by Gasteiger charge is 2.26. The second kappa shape index (κ2) is 7.63. The predicted molar refractivity (Wildman–Crippen MR) is 87.6 cm³/mol. The molecule has 0 saturated heterocycles. The summed E-state index contributed by atoms with van der Waals surface area (Å²) in [5, 5.41) is 14.8. The largest absolute Gasteiger partial charge is 0.481 e. The molecule has 1 aromatic rings. The van der Waals surface area contributed by atoms with E-state index < -0.39 is 5.97 Å². The van der Waals surface area contributed by atoms with E-state index in [9.17, 15) is 9.59 Å². The first-order valence-corrected chi connectivity index (χ1v) is 8.27. The van der Waals surface area contributed by atoms with Crippen molar-refractivity contribution in [2.24, 2.45) is 5.92 Å². The van der Waals surface area contributed by atoms with Crippen molar-refractivity contribution in [1.29, 1.82) is 0 Å². The van der Waals surface area contributed by atoms with Crippen LogP contribution in [0, 0.1) is 12.8 Å². The summed E-state index contributed by atoms with van der Waals surface area (Å²) in [6.45, 7) is 2.48. The van der Waals surface area contributed by atoms with E-state index in [-0.39, 0.29) is 18.0 Å². The van der Waals surface area contributed by atoms with Crippen LogP contribution in [0.2, 0.25) is 0 Å². The molecule has 22 heavy (non-hydrogen) atoms. The molecule has 0 heterocycles. The van der Waals surface area contributed by atoms with Crippen LogP contribution in [0.4, 0.5) is 4.79 Å². The molecule has 120 valence electrons. The molecule has 1 aliphatic rings. The second-order valence-corrected chi connectivity index (χ2v) is 6.70. The third-order valence-electron chi connectivity index (χ3n) is 4.16. The molecule has 1 fully saturated rings.